The van der Waals surface area contributed by atoms with Gasteiger partial charge in [-0.1, -0.05) is 44.2 Å². The fraction of sp³-hybridized carbons (Fsp3) is 0.318. The molecule has 1 aliphatic heterocycles. The van der Waals surface area contributed by atoms with Crippen LogP contribution in [0.1, 0.15) is 37.3 Å². The van der Waals surface area contributed by atoms with Crippen molar-refractivity contribution in [3.8, 4) is 17.2 Å². The summed E-state index contributed by atoms with van der Waals surface area (Å²) in [5.41, 5.74) is 4.83. The lowest BCUT2D eigenvalue weighted by atomic mass is 9.87. The molecule has 138 valence electrons. The molecule has 2 aromatic rings. The molecular weight excluding hydrogens is 338 g/mol. The van der Waals surface area contributed by atoms with Gasteiger partial charge in [-0.2, -0.15) is 5.26 Å². The van der Waals surface area contributed by atoms with Crippen molar-refractivity contribution >= 4 is 17.5 Å². The second-order valence-electron chi connectivity index (χ2n) is 7.28. The summed E-state index contributed by atoms with van der Waals surface area (Å²) in [4.78, 5) is 24.1. The SMILES string of the molecule is CC(C)CC(C(=O)NCC#N)c1cccc(-c2ccc3c(c2)CC(=O)N3)c1. The van der Waals surface area contributed by atoms with E-state index in [0.29, 0.717) is 18.8 Å². The van der Waals surface area contributed by atoms with Gasteiger partial charge in [0.2, 0.25) is 11.8 Å². The van der Waals surface area contributed by atoms with Crippen LogP contribution >= 0.6 is 0 Å². The predicted molar refractivity (Wildman–Crippen MR) is 105 cm³/mol. The van der Waals surface area contributed by atoms with E-state index in [9.17, 15) is 9.59 Å². The van der Waals surface area contributed by atoms with E-state index >= 15 is 0 Å². The zero-order valence-corrected chi connectivity index (χ0v) is 15.6. The molecule has 5 nitrogen and oxygen atoms in total. The first kappa shape index (κ1) is 18.7. The molecule has 3 rings (SSSR count). The number of anilines is 1. The summed E-state index contributed by atoms with van der Waals surface area (Å²) in [5.74, 6) is -0.0484. The van der Waals surface area contributed by atoms with Gasteiger partial charge in [-0.05, 0) is 46.7 Å². The van der Waals surface area contributed by atoms with Crippen LogP contribution in [0.4, 0.5) is 5.69 Å². The summed E-state index contributed by atoms with van der Waals surface area (Å²) in [5, 5.41) is 14.3. The fourth-order valence-corrected chi connectivity index (χ4v) is 3.46. The van der Waals surface area contributed by atoms with Gasteiger partial charge in [0.1, 0.15) is 6.54 Å². The van der Waals surface area contributed by atoms with E-state index in [-0.39, 0.29) is 24.3 Å². The minimum Gasteiger partial charge on any atom is -0.342 e. The van der Waals surface area contributed by atoms with Crippen LogP contribution in [0.5, 0.6) is 0 Å². The summed E-state index contributed by atoms with van der Waals surface area (Å²) in [6.07, 6.45) is 1.11. The van der Waals surface area contributed by atoms with Crippen molar-refractivity contribution in [2.45, 2.75) is 32.6 Å². The van der Waals surface area contributed by atoms with Crippen LogP contribution in [0.3, 0.4) is 0 Å². The molecule has 0 radical (unpaired) electrons. The van der Waals surface area contributed by atoms with Crippen LogP contribution in [0.15, 0.2) is 42.5 Å². The number of hydrogen-bond acceptors (Lipinski definition) is 3. The number of carbonyl (C=O) groups excluding carboxylic acids is 2. The molecule has 0 saturated heterocycles. The summed E-state index contributed by atoms with van der Waals surface area (Å²) >= 11 is 0. The quantitative estimate of drug-likeness (QED) is 0.771. The van der Waals surface area contributed by atoms with Crippen LogP contribution < -0.4 is 10.6 Å². The van der Waals surface area contributed by atoms with Crippen molar-refractivity contribution in [1.29, 1.82) is 5.26 Å². The van der Waals surface area contributed by atoms with Crippen LogP contribution in [0.25, 0.3) is 11.1 Å². The average molecular weight is 361 g/mol. The van der Waals surface area contributed by atoms with E-state index in [4.69, 9.17) is 5.26 Å². The second kappa shape index (κ2) is 8.05. The Hall–Kier alpha value is -3.13. The maximum atomic E-state index is 12.6. The van der Waals surface area contributed by atoms with Gasteiger partial charge in [0.15, 0.2) is 0 Å². The lowest BCUT2D eigenvalue weighted by Gasteiger charge is -2.19. The number of nitrogens with zero attached hydrogens (tertiary/aromatic N) is 1. The van der Waals surface area contributed by atoms with Crippen molar-refractivity contribution < 1.29 is 9.59 Å². The molecule has 2 N–H and O–H groups in total. The molecule has 5 heteroatoms. The molecule has 0 bridgehead atoms. The van der Waals surface area contributed by atoms with Crippen molar-refractivity contribution in [1.82, 2.24) is 5.32 Å². The first-order valence-electron chi connectivity index (χ1n) is 9.15. The van der Waals surface area contributed by atoms with E-state index in [1.165, 1.54) is 0 Å². The van der Waals surface area contributed by atoms with E-state index in [0.717, 1.165) is 27.9 Å². The zero-order valence-electron chi connectivity index (χ0n) is 15.6. The lowest BCUT2D eigenvalue weighted by Crippen LogP contribution is -2.30. The van der Waals surface area contributed by atoms with Crippen LogP contribution in [-0.4, -0.2) is 18.4 Å². The Morgan fingerprint density at radius 1 is 1.22 bits per heavy atom. The standard InChI is InChI=1S/C22H23N3O2/c1-14(2)10-19(22(27)24-9-8-23)17-5-3-4-15(11-17)16-6-7-20-18(12-16)13-21(26)25-20/h3-7,11-12,14,19H,9-10,13H2,1-2H3,(H,24,27)(H,25,26). The maximum Gasteiger partial charge on any atom is 0.228 e. The van der Waals surface area contributed by atoms with Crippen molar-refractivity contribution in [2.24, 2.45) is 5.92 Å². The van der Waals surface area contributed by atoms with E-state index in [1.807, 2.05) is 48.5 Å². The Labute approximate surface area is 159 Å². The van der Waals surface area contributed by atoms with E-state index < -0.39 is 0 Å². The number of nitriles is 1. The third-order valence-corrected chi connectivity index (χ3v) is 4.72. The van der Waals surface area contributed by atoms with Crippen LogP contribution in [-0.2, 0) is 16.0 Å². The van der Waals surface area contributed by atoms with Crippen molar-refractivity contribution in [3.63, 3.8) is 0 Å². The number of hydrogen-bond donors (Lipinski definition) is 2. The summed E-state index contributed by atoms with van der Waals surface area (Å²) in [6, 6.07) is 15.8. The Morgan fingerprint density at radius 2 is 2.00 bits per heavy atom. The second-order valence-corrected chi connectivity index (χ2v) is 7.28. The zero-order chi connectivity index (χ0) is 19.4. The van der Waals surface area contributed by atoms with Gasteiger partial charge in [-0.15, -0.1) is 0 Å². The summed E-state index contributed by atoms with van der Waals surface area (Å²) in [6.45, 7) is 4.18. The first-order chi connectivity index (χ1) is 13.0. The molecule has 0 aliphatic carbocycles. The predicted octanol–water partition coefficient (Wildman–Crippen LogP) is 3.62. The normalized spacial score (nSPS) is 13.6. The van der Waals surface area contributed by atoms with Crippen LogP contribution in [0, 0.1) is 17.2 Å². The Bertz CT molecular complexity index is 912. The van der Waals surface area contributed by atoms with Gasteiger partial charge in [-0.3, -0.25) is 9.59 Å². The van der Waals surface area contributed by atoms with Crippen molar-refractivity contribution in [3.05, 3.63) is 53.6 Å². The van der Waals surface area contributed by atoms with E-state index in [1.54, 1.807) is 0 Å². The molecule has 1 heterocycles. The highest BCUT2D eigenvalue weighted by atomic mass is 16.2. The summed E-state index contributed by atoms with van der Waals surface area (Å²) < 4.78 is 0. The molecular formula is C22H23N3O2. The molecule has 0 fully saturated rings. The molecule has 2 amide bonds. The Morgan fingerprint density at radius 3 is 2.74 bits per heavy atom. The minimum atomic E-state index is -0.295. The number of benzene rings is 2. The van der Waals surface area contributed by atoms with Crippen LogP contribution in [0.2, 0.25) is 0 Å². The highest BCUT2D eigenvalue weighted by molar-refractivity contribution is 5.99. The molecule has 0 spiro atoms. The van der Waals surface area contributed by atoms with Gasteiger partial charge in [0, 0.05) is 5.69 Å². The number of nitrogens with one attached hydrogen (secondary N) is 2. The maximum absolute atomic E-state index is 12.6. The highest BCUT2D eigenvalue weighted by Gasteiger charge is 2.22. The minimum absolute atomic E-state index is 0.0129. The van der Waals surface area contributed by atoms with Crippen molar-refractivity contribution in [2.75, 3.05) is 11.9 Å². The Kier molecular flexibility index (Phi) is 5.56. The van der Waals surface area contributed by atoms with Gasteiger partial charge in [-0.25, -0.2) is 0 Å². The fourth-order valence-electron chi connectivity index (χ4n) is 3.46. The molecule has 27 heavy (non-hydrogen) atoms. The Balaban J connectivity index is 1.91. The smallest absolute Gasteiger partial charge is 0.228 e. The lowest BCUT2D eigenvalue weighted by molar-refractivity contribution is -0.122. The number of carbonyl (C=O) groups is 2. The highest BCUT2D eigenvalue weighted by Crippen LogP contribution is 2.32. The average Bonchev–Trinajstić information content (AvgIpc) is 3.03. The first-order valence-corrected chi connectivity index (χ1v) is 9.15. The number of fused-ring (bicyclic) bond motifs is 1. The van der Waals surface area contributed by atoms with Gasteiger partial charge in [0.25, 0.3) is 0 Å². The third kappa shape index (κ3) is 4.35. The third-order valence-electron chi connectivity index (χ3n) is 4.72. The van der Waals surface area contributed by atoms with Gasteiger partial charge < -0.3 is 10.6 Å². The largest absolute Gasteiger partial charge is 0.342 e. The molecule has 0 saturated carbocycles. The van der Waals surface area contributed by atoms with E-state index in [2.05, 4.69) is 24.5 Å². The monoisotopic (exact) mass is 361 g/mol. The summed E-state index contributed by atoms with van der Waals surface area (Å²) in [7, 11) is 0. The molecule has 1 atom stereocenters. The van der Waals surface area contributed by atoms with Gasteiger partial charge >= 0.3 is 0 Å². The number of amides is 2. The molecule has 0 aromatic heterocycles. The van der Waals surface area contributed by atoms with Gasteiger partial charge in [0.05, 0.1) is 18.4 Å². The topological polar surface area (TPSA) is 82.0 Å². The molecule has 1 unspecified atom stereocenters. The molecule has 2 aromatic carbocycles. The molecule has 1 aliphatic rings. The number of rotatable bonds is 6.